The van der Waals surface area contributed by atoms with Gasteiger partial charge in [0.25, 0.3) is 0 Å². The molecule has 0 fully saturated rings. The minimum Gasteiger partial charge on any atom is -0.395 e. The highest BCUT2D eigenvalue weighted by molar-refractivity contribution is 7.92. The number of fused-ring (bicyclic) bond motifs is 1. The molecule has 0 amide bonds. The molecule has 1 aromatic carbocycles. The van der Waals surface area contributed by atoms with Gasteiger partial charge in [-0.1, -0.05) is 18.2 Å². The van der Waals surface area contributed by atoms with E-state index in [9.17, 15) is 8.42 Å². The highest BCUT2D eigenvalue weighted by Gasteiger charge is 2.09. The Bertz CT molecular complexity index is 625. The van der Waals surface area contributed by atoms with Crippen molar-refractivity contribution >= 4 is 26.6 Å². The number of pyridine rings is 1. The third-order valence-corrected chi connectivity index (χ3v) is 3.49. The number of anilines is 1. The maximum atomic E-state index is 11.4. The van der Waals surface area contributed by atoms with Gasteiger partial charge >= 0.3 is 0 Å². The molecule has 0 saturated heterocycles. The van der Waals surface area contributed by atoms with Crippen molar-refractivity contribution in [2.45, 2.75) is 0 Å². The molecule has 0 aliphatic carbocycles. The Labute approximate surface area is 99.2 Å². The van der Waals surface area contributed by atoms with Crippen LogP contribution in [0.1, 0.15) is 0 Å². The monoisotopic (exact) mass is 252 g/mol. The van der Waals surface area contributed by atoms with Crippen molar-refractivity contribution < 1.29 is 13.5 Å². The molecule has 0 unspecified atom stereocenters. The van der Waals surface area contributed by atoms with Crippen LogP contribution >= 0.6 is 0 Å². The van der Waals surface area contributed by atoms with Gasteiger partial charge in [-0.25, -0.2) is 8.42 Å². The quantitative estimate of drug-likeness (QED) is 0.849. The number of nitrogens with zero attached hydrogens (tertiary/aromatic N) is 1. The summed E-state index contributed by atoms with van der Waals surface area (Å²) in [5, 5.41) is 9.47. The summed E-state index contributed by atoms with van der Waals surface area (Å²) in [7, 11) is -3.49. The fourth-order valence-corrected chi connectivity index (χ4v) is 2.29. The van der Waals surface area contributed by atoms with E-state index in [1.54, 1.807) is 6.07 Å². The molecule has 1 aromatic heterocycles. The van der Waals surface area contributed by atoms with Gasteiger partial charge in [0.05, 0.1) is 29.8 Å². The molecule has 0 aliphatic rings. The number of aromatic nitrogens is 1. The maximum absolute atomic E-state index is 11.4. The molecule has 0 saturated carbocycles. The van der Waals surface area contributed by atoms with Crippen molar-refractivity contribution in [3.8, 4) is 0 Å². The molecule has 0 bridgehead atoms. The fourth-order valence-electron chi connectivity index (χ4n) is 1.48. The first-order valence-electron chi connectivity index (χ1n) is 5.07. The topological polar surface area (TPSA) is 79.3 Å². The average molecular weight is 252 g/mol. The van der Waals surface area contributed by atoms with Crippen LogP contribution in [0.5, 0.6) is 0 Å². The Morgan fingerprint density at radius 3 is 2.82 bits per heavy atom. The molecule has 0 spiro atoms. The number of para-hydroxylation sites is 1. The smallest absolute Gasteiger partial charge is 0.235 e. The first-order valence-corrected chi connectivity index (χ1v) is 6.72. The number of aliphatic hydroxyl groups is 1. The van der Waals surface area contributed by atoms with Gasteiger partial charge in [-0.05, 0) is 12.1 Å². The van der Waals surface area contributed by atoms with Crippen molar-refractivity contribution in [3.63, 3.8) is 0 Å². The second kappa shape index (κ2) is 4.68. The summed E-state index contributed by atoms with van der Waals surface area (Å²) in [5.74, 6) is -0.320. The zero-order valence-electron chi connectivity index (χ0n) is 9.00. The van der Waals surface area contributed by atoms with Gasteiger partial charge in [-0.3, -0.25) is 9.71 Å². The molecule has 2 aromatic rings. The molecule has 6 heteroatoms. The van der Waals surface area contributed by atoms with Crippen molar-refractivity contribution in [1.29, 1.82) is 0 Å². The number of nitrogens with one attached hydrogen (secondary N) is 1. The summed E-state index contributed by atoms with van der Waals surface area (Å²) >= 11 is 0. The number of aliphatic hydroxyl groups excluding tert-OH is 1. The third kappa shape index (κ3) is 2.92. The highest BCUT2D eigenvalue weighted by atomic mass is 32.2. The van der Waals surface area contributed by atoms with E-state index in [1.165, 1.54) is 6.20 Å². The first kappa shape index (κ1) is 11.8. The summed E-state index contributed by atoms with van der Waals surface area (Å²) < 4.78 is 25.2. The summed E-state index contributed by atoms with van der Waals surface area (Å²) in [4.78, 5) is 4.14. The molecular formula is C11H12N2O3S. The van der Waals surface area contributed by atoms with Gasteiger partial charge in [0, 0.05) is 5.39 Å². The van der Waals surface area contributed by atoms with E-state index in [4.69, 9.17) is 5.11 Å². The largest absolute Gasteiger partial charge is 0.395 e. The Morgan fingerprint density at radius 1 is 1.29 bits per heavy atom. The lowest BCUT2D eigenvalue weighted by Gasteiger charge is -2.07. The van der Waals surface area contributed by atoms with E-state index < -0.39 is 16.6 Å². The predicted molar refractivity (Wildman–Crippen MR) is 66.2 cm³/mol. The second-order valence-corrected chi connectivity index (χ2v) is 5.40. The Balaban J connectivity index is 2.31. The van der Waals surface area contributed by atoms with Crippen LogP contribution in [0, 0.1) is 0 Å². The van der Waals surface area contributed by atoms with Gasteiger partial charge in [0.2, 0.25) is 10.0 Å². The standard InChI is InChI=1S/C11H12N2O3S/c14-5-6-17(15,16)13-10-7-9-3-1-2-4-11(9)12-8-10/h1-4,7-8,13-14H,5-6H2. The zero-order valence-corrected chi connectivity index (χ0v) is 9.81. The maximum Gasteiger partial charge on any atom is 0.235 e. The van der Waals surface area contributed by atoms with Gasteiger partial charge in [0.15, 0.2) is 0 Å². The summed E-state index contributed by atoms with van der Waals surface area (Å²) in [6, 6.07) is 9.13. The van der Waals surface area contributed by atoms with Crippen LogP contribution in [0.4, 0.5) is 5.69 Å². The minimum absolute atomic E-state index is 0.320. The van der Waals surface area contributed by atoms with Crippen molar-refractivity contribution in [2.24, 2.45) is 0 Å². The number of sulfonamides is 1. The normalized spacial score (nSPS) is 11.6. The lowest BCUT2D eigenvalue weighted by Crippen LogP contribution is -2.18. The minimum atomic E-state index is -3.49. The lowest BCUT2D eigenvalue weighted by molar-refractivity contribution is 0.320. The fraction of sp³-hybridized carbons (Fsp3) is 0.182. The van der Waals surface area contributed by atoms with E-state index in [0.29, 0.717) is 5.69 Å². The van der Waals surface area contributed by atoms with Crippen LogP contribution in [0.2, 0.25) is 0 Å². The number of hydrogen-bond donors (Lipinski definition) is 2. The Hall–Kier alpha value is -1.66. The molecule has 17 heavy (non-hydrogen) atoms. The highest BCUT2D eigenvalue weighted by Crippen LogP contribution is 2.16. The molecular weight excluding hydrogens is 240 g/mol. The Morgan fingerprint density at radius 2 is 2.06 bits per heavy atom. The van der Waals surface area contributed by atoms with E-state index in [2.05, 4.69) is 9.71 Å². The molecule has 0 atom stereocenters. The van der Waals surface area contributed by atoms with E-state index in [-0.39, 0.29) is 5.75 Å². The summed E-state index contributed by atoms with van der Waals surface area (Å²) in [5.41, 5.74) is 1.20. The van der Waals surface area contributed by atoms with Gasteiger partial charge in [-0.2, -0.15) is 0 Å². The lowest BCUT2D eigenvalue weighted by atomic mass is 10.2. The summed E-state index contributed by atoms with van der Waals surface area (Å²) in [6.45, 7) is -0.406. The molecule has 2 N–H and O–H groups in total. The first-order chi connectivity index (χ1) is 8.11. The SMILES string of the molecule is O=S(=O)(CCO)Nc1cnc2ccccc2c1. The van der Waals surface area contributed by atoms with Crippen LogP contribution in [0.25, 0.3) is 10.9 Å². The van der Waals surface area contributed by atoms with Crippen LogP contribution in [0.3, 0.4) is 0 Å². The number of rotatable bonds is 4. The average Bonchev–Trinajstić information content (AvgIpc) is 2.28. The van der Waals surface area contributed by atoms with Gasteiger partial charge in [-0.15, -0.1) is 0 Å². The van der Waals surface area contributed by atoms with E-state index >= 15 is 0 Å². The van der Waals surface area contributed by atoms with E-state index in [0.717, 1.165) is 10.9 Å². The molecule has 1 heterocycles. The van der Waals surface area contributed by atoms with Gasteiger partial charge in [0.1, 0.15) is 0 Å². The van der Waals surface area contributed by atoms with Crippen LogP contribution in [0.15, 0.2) is 36.5 Å². The number of hydrogen-bond acceptors (Lipinski definition) is 4. The molecule has 2 rings (SSSR count). The van der Waals surface area contributed by atoms with Crippen LogP contribution < -0.4 is 4.72 Å². The van der Waals surface area contributed by atoms with Crippen molar-refractivity contribution in [3.05, 3.63) is 36.5 Å². The molecule has 0 radical (unpaired) electrons. The third-order valence-electron chi connectivity index (χ3n) is 2.22. The number of benzene rings is 1. The zero-order chi connectivity index (χ0) is 12.3. The van der Waals surface area contributed by atoms with Crippen molar-refractivity contribution in [2.75, 3.05) is 17.1 Å². The van der Waals surface area contributed by atoms with Crippen LogP contribution in [-0.2, 0) is 10.0 Å². The molecule has 90 valence electrons. The molecule has 0 aliphatic heterocycles. The predicted octanol–water partition coefficient (Wildman–Crippen LogP) is 0.969. The summed E-state index contributed by atoms with van der Waals surface area (Å²) in [6.07, 6.45) is 1.46. The van der Waals surface area contributed by atoms with E-state index in [1.807, 2.05) is 24.3 Å². The van der Waals surface area contributed by atoms with Gasteiger partial charge < -0.3 is 5.11 Å². The van der Waals surface area contributed by atoms with Crippen LogP contribution in [-0.4, -0.2) is 30.9 Å². The Kier molecular flexibility index (Phi) is 3.26. The second-order valence-electron chi connectivity index (χ2n) is 3.56. The molecule has 5 nitrogen and oxygen atoms in total. The van der Waals surface area contributed by atoms with Crippen molar-refractivity contribution in [1.82, 2.24) is 4.98 Å².